The fourth-order valence-electron chi connectivity index (χ4n) is 2.40. The van der Waals surface area contributed by atoms with Gasteiger partial charge in [-0.3, -0.25) is 0 Å². The fourth-order valence-corrected chi connectivity index (χ4v) is 2.66. The number of aliphatic hydroxyl groups is 1. The first kappa shape index (κ1) is 16.3. The van der Waals surface area contributed by atoms with Crippen LogP contribution in [0.25, 0.3) is 0 Å². The Morgan fingerprint density at radius 3 is 2.47 bits per heavy atom. The minimum Gasteiger partial charge on any atom is -0.493 e. The van der Waals surface area contributed by atoms with Crippen molar-refractivity contribution in [1.29, 1.82) is 0 Å². The molecule has 0 saturated carbocycles. The van der Waals surface area contributed by atoms with Gasteiger partial charge in [0.15, 0.2) is 0 Å². The van der Waals surface area contributed by atoms with E-state index in [9.17, 15) is 5.11 Å². The van der Waals surface area contributed by atoms with Gasteiger partial charge in [0, 0.05) is 23.2 Å². The normalized spacial score (nSPS) is 12.8. The number of benzene rings is 1. The summed E-state index contributed by atoms with van der Waals surface area (Å²) in [6.45, 7) is 6.75. The van der Waals surface area contributed by atoms with E-state index in [2.05, 4.69) is 4.90 Å². The second kappa shape index (κ2) is 7.13. The Morgan fingerprint density at radius 2 is 2.00 bits per heavy atom. The lowest BCUT2D eigenvalue weighted by atomic mass is 9.94. The lowest BCUT2D eigenvalue weighted by Gasteiger charge is -2.29. The first-order valence-electron chi connectivity index (χ1n) is 6.63. The van der Waals surface area contributed by atoms with Gasteiger partial charge in [-0.2, -0.15) is 0 Å². The summed E-state index contributed by atoms with van der Waals surface area (Å²) in [6, 6.07) is 2.04. The number of ether oxygens (including phenoxy) is 1. The molecule has 0 radical (unpaired) electrons. The molecule has 0 spiro atoms. The van der Waals surface area contributed by atoms with E-state index >= 15 is 0 Å². The summed E-state index contributed by atoms with van der Waals surface area (Å²) in [6.07, 6.45) is 0.660. The molecule has 3 nitrogen and oxygen atoms in total. The SMILES string of the molecule is CCOc1c(C)cc(Cl)c(C)c1C(CCO)N(C)C. The van der Waals surface area contributed by atoms with Crippen LogP contribution >= 0.6 is 11.6 Å². The fraction of sp³-hybridized carbons (Fsp3) is 0.600. The van der Waals surface area contributed by atoms with Crippen LogP contribution in [0.4, 0.5) is 0 Å². The van der Waals surface area contributed by atoms with Crippen LogP contribution in [0.5, 0.6) is 5.75 Å². The van der Waals surface area contributed by atoms with E-state index in [4.69, 9.17) is 16.3 Å². The molecular formula is C15H24ClNO2. The maximum Gasteiger partial charge on any atom is 0.127 e. The van der Waals surface area contributed by atoms with Crippen molar-refractivity contribution < 1.29 is 9.84 Å². The summed E-state index contributed by atoms with van der Waals surface area (Å²) in [5.74, 6) is 0.900. The van der Waals surface area contributed by atoms with Crippen molar-refractivity contribution >= 4 is 11.6 Å². The van der Waals surface area contributed by atoms with E-state index in [0.717, 1.165) is 27.5 Å². The predicted molar refractivity (Wildman–Crippen MR) is 80.2 cm³/mol. The van der Waals surface area contributed by atoms with Crippen LogP contribution in [0.1, 0.15) is 36.1 Å². The summed E-state index contributed by atoms with van der Waals surface area (Å²) in [4.78, 5) is 2.09. The zero-order chi connectivity index (χ0) is 14.6. The Hall–Kier alpha value is -0.770. The Bertz CT molecular complexity index is 433. The van der Waals surface area contributed by atoms with Crippen molar-refractivity contribution in [2.24, 2.45) is 0 Å². The number of nitrogens with zero attached hydrogens (tertiary/aromatic N) is 1. The van der Waals surface area contributed by atoms with Gasteiger partial charge < -0.3 is 14.7 Å². The third kappa shape index (κ3) is 3.62. The topological polar surface area (TPSA) is 32.7 Å². The smallest absolute Gasteiger partial charge is 0.127 e. The average Bonchev–Trinajstić information content (AvgIpc) is 2.34. The molecule has 0 aliphatic heterocycles. The third-order valence-electron chi connectivity index (χ3n) is 3.36. The van der Waals surface area contributed by atoms with Gasteiger partial charge in [-0.05, 0) is 58.5 Å². The highest BCUT2D eigenvalue weighted by Gasteiger charge is 2.23. The summed E-state index contributed by atoms with van der Waals surface area (Å²) in [5, 5.41) is 10.0. The highest BCUT2D eigenvalue weighted by atomic mass is 35.5. The quantitative estimate of drug-likeness (QED) is 0.870. The highest BCUT2D eigenvalue weighted by Crippen LogP contribution is 2.39. The van der Waals surface area contributed by atoms with Crippen LogP contribution in [-0.4, -0.2) is 37.3 Å². The molecule has 0 fully saturated rings. The van der Waals surface area contributed by atoms with E-state index in [1.54, 1.807) is 0 Å². The van der Waals surface area contributed by atoms with Gasteiger partial charge in [-0.1, -0.05) is 11.6 Å². The number of hydrogen-bond acceptors (Lipinski definition) is 3. The van der Waals surface area contributed by atoms with Crippen LogP contribution in [0.15, 0.2) is 6.07 Å². The zero-order valence-electron chi connectivity index (χ0n) is 12.5. The van der Waals surface area contributed by atoms with E-state index < -0.39 is 0 Å². The Balaban J connectivity index is 3.43. The van der Waals surface area contributed by atoms with Gasteiger partial charge in [0.05, 0.1) is 6.61 Å². The number of rotatable bonds is 6. The summed E-state index contributed by atoms with van der Waals surface area (Å²) < 4.78 is 5.81. The van der Waals surface area contributed by atoms with Gasteiger partial charge in [-0.15, -0.1) is 0 Å². The largest absolute Gasteiger partial charge is 0.493 e. The van der Waals surface area contributed by atoms with Gasteiger partial charge in [0.25, 0.3) is 0 Å². The summed E-state index contributed by atoms with van der Waals surface area (Å²) in [7, 11) is 4.01. The number of aryl methyl sites for hydroxylation is 1. The van der Waals surface area contributed by atoms with Crippen LogP contribution < -0.4 is 4.74 Å². The first-order chi connectivity index (χ1) is 8.93. The second-order valence-electron chi connectivity index (χ2n) is 4.97. The standard InChI is InChI=1S/C15H24ClNO2/c1-6-19-15-10(2)9-12(16)11(3)14(15)13(7-8-18)17(4)5/h9,13,18H,6-8H2,1-5H3. The van der Waals surface area contributed by atoms with Crippen molar-refractivity contribution in [1.82, 2.24) is 4.90 Å². The van der Waals surface area contributed by atoms with Gasteiger partial charge in [0.2, 0.25) is 0 Å². The molecule has 0 amide bonds. The lowest BCUT2D eigenvalue weighted by molar-refractivity contribution is 0.205. The zero-order valence-corrected chi connectivity index (χ0v) is 13.2. The minimum atomic E-state index is 0.101. The monoisotopic (exact) mass is 285 g/mol. The molecule has 1 atom stereocenters. The second-order valence-corrected chi connectivity index (χ2v) is 5.37. The molecule has 0 bridgehead atoms. The van der Waals surface area contributed by atoms with E-state index in [1.807, 2.05) is 40.9 Å². The minimum absolute atomic E-state index is 0.101. The molecule has 19 heavy (non-hydrogen) atoms. The van der Waals surface area contributed by atoms with Crippen molar-refractivity contribution in [3.8, 4) is 5.75 Å². The predicted octanol–water partition coefficient (Wildman–Crippen LogP) is 3.34. The van der Waals surface area contributed by atoms with E-state index in [1.165, 1.54) is 0 Å². The molecule has 1 aromatic rings. The van der Waals surface area contributed by atoms with Crippen LogP contribution in [0.3, 0.4) is 0 Å². The molecule has 0 saturated heterocycles. The van der Waals surface area contributed by atoms with E-state index in [0.29, 0.717) is 13.0 Å². The lowest BCUT2D eigenvalue weighted by Crippen LogP contribution is -2.23. The van der Waals surface area contributed by atoms with Crippen molar-refractivity contribution in [3.05, 3.63) is 27.8 Å². The van der Waals surface area contributed by atoms with Crippen LogP contribution in [-0.2, 0) is 0 Å². The van der Waals surface area contributed by atoms with Crippen molar-refractivity contribution in [2.75, 3.05) is 27.3 Å². The summed E-state index contributed by atoms with van der Waals surface area (Å²) >= 11 is 6.30. The van der Waals surface area contributed by atoms with Crippen LogP contribution in [0.2, 0.25) is 5.02 Å². The molecule has 1 unspecified atom stereocenters. The molecule has 0 aliphatic rings. The maximum absolute atomic E-state index is 9.30. The Labute approximate surface area is 121 Å². The molecule has 0 aromatic heterocycles. The number of aliphatic hydroxyl groups excluding tert-OH is 1. The molecule has 1 aromatic carbocycles. The molecule has 0 heterocycles. The maximum atomic E-state index is 9.30. The average molecular weight is 286 g/mol. The number of halogens is 1. The van der Waals surface area contributed by atoms with Crippen molar-refractivity contribution in [2.45, 2.75) is 33.2 Å². The molecule has 1 N–H and O–H groups in total. The molecule has 4 heteroatoms. The van der Waals surface area contributed by atoms with E-state index in [-0.39, 0.29) is 12.6 Å². The van der Waals surface area contributed by atoms with Crippen molar-refractivity contribution in [3.63, 3.8) is 0 Å². The molecule has 1 rings (SSSR count). The number of hydrogen-bond donors (Lipinski definition) is 1. The van der Waals surface area contributed by atoms with Gasteiger partial charge in [0.1, 0.15) is 5.75 Å². The van der Waals surface area contributed by atoms with Gasteiger partial charge >= 0.3 is 0 Å². The first-order valence-corrected chi connectivity index (χ1v) is 7.01. The summed E-state index contributed by atoms with van der Waals surface area (Å²) in [5.41, 5.74) is 3.16. The van der Waals surface area contributed by atoms with Gasteiger partial charge in [-0.25, -0.2) is 0 Å². The third-order valence-corrected chi connectivity index (χ3v) is 3.75. The highest BCUT2D eigenvalue weighted by molar-refractivity contribution is 6.31. The van der Waals surface area contributed by atoms with Crippen LogP contribution in [0, 0.1) is 13.8 Å². The molecule has 108 valence electrons. The molecular weight excluding hydrogens is 262 g/mol. The molecule has 0 aliphatic carbocycles. The Morgan fingerprint density at radius 1 is 1.37 bits per heavy atom. The Kier molecular flexibility index (Phi) is 6.11.